The van der Waals surface area contributed by atoms with Crippen LogP contribution in [0.25, 0.3) is 0 Å². The molecule has 0 unspecified atom stereocenters. The number of fused-ring (bicyclic) bond motifs is 1. The van der Waals surface area contributed by atoms with Crippen LogP contribution in [-0.4, -0.2) is 11.1 Å². The van der Waals surface area contributed by atoms with Gasteiger partial charge in [-0.1, -0.05) is 23.2 Å². The summed E-state index contributed by atoms with van der Waals surface area (Å²) >= 11 is 12.0. The Morgan fingerprint density at radius 2 is 2.07 bits per heavy atom. The second kappa shape index (κ2) is 4.30. The third kappa shape index (κ3) is 2.13. The number of halogens is 2. The molecule has 3 N–H and O–H groups in total. The molecule has 0 saturated heterocycles. The first kappa shape index (κ1) is 11.2. The predicted octanol–water partition coefficient (Wildman–Crippen LogP) is 2.69. The molecule has 0 bridgehead atoms. The lowest BCUT2D eigenvalue weighted by Gasteiger charge is -2.18. The number of rotatable bonds is 0. The molecule has 4 heteroatoms. The van der Waals surface area contributed by atoms with Crippen molar-refractivity contribution in [2.45, 2.75) is 31.4 Å². The zero-order chi connectivity index (χ0) is 11.0. The van der Waals surface area contributed by atoms with Crippen LogP contribution in [0.3, 0.4) is 0 Å². The summed E-state index contributed by atoms with van der Waals surface area (Å²) in [7, 11) is 0. The summed E-state index contributed by atoms with van der Waals surface area (Å²) in [6, 6.07) is 3.25. The molecule has 2 atom stereocenters. The normalized spacial score (nSPS) is 25.9. The van der Waals surface area contributed by atoms with Crippen molar-refractivity contribution in [3.8, 4) is 0 Å². The van der Waals surface area contributed by atoms with Crippen LogP contribution >= 0.6 is 23.2 Å². The first-order valence-corrected chi connectivity index (χ1v) is 5.76. The highest BCUT2D eigenvalue weighted by molar-refractivity contribution is 6.35. The lowest BCUT2D eigenvalue weighted by atomic mass is 9.99. The van der Waals surface area contributed by atoms with Gasteiger partial charge in [-0.25, -0.2) is 0 Å². The highest BCUT2D eigenvalue weighted by atomic mass is 35.5. The van der Waals surface area contributed by atoms with Crippen LogP contribution < -0.4 is 5.73 Å². The summed E-state index contributed by atoms with van der Waals surface area (Å²) < 4.78 is 0. The standard InChI is InChI=1S/C11H13Cl2NO/c12-6-4-8-7(9(13)5-6)2-1-3-10(14)11(8)15/h4-5,10-11,15H,1-3,14H2/t10-,11-/m0/s1. The van der Waals surface area contributed by atoms with Gasteiger partial charge in [0.25, 0.3) is 0 Å². The van der Waals surface area contributed by atoms with Crippen molar-refractivity contribution in [2.24, 2.45) is 5.73 Å². The Bertz CT molecular complexity index is 381. The van der Waals surface area contributed by atoms with Gasteiger partial charge in [0.15, 0.2) is 0 Å². The van der Waals surface area contributed by atoms with E-state index in [1.54, 1.807) is 12.1 Å². The predicted molar refractivity (Wildman–Crippen MR) is 62.3 cm³/mol. The van der Waals surface area contributed by atoms with E-state index in [0.717, 1.165) is 30.4 Å². The smallest absolute Gasteiger partial charge is 0.0944 e. The van der Waals surface area contributed by atoms with E-state index >= 15 is 0 Å². The number of hydrogen-bond donors (Lipinski definition) is 2. The van der Waals surface area contributed by atoms with Gasteiger partial charge in [0.2, 0.25) is 0 Å². The molecule has 0 radical (unpaired) electrons. The van der Waals surface area contributed by atoms with Gasteiger partial charge < -0.3 is 10.8 Å². The molecule has 0 spiro atoms. The molecule has 15 heavy (non-hydrogen) atoms. The van der Waals surface area contributed by atoms with Gasteiger partial charge in [0.1, 0.15) is 0 Å². The summed E-state index contributed by atoms with van der Waals surface area (Å²) in [5.41, 5.74) is 7.63. The highest BCUT2D eigenvalue weighted by Crippen LogP contribution is 2.34. The van der Waals surface area contributed by atoms with Gasteiger partial charge >= 0.3 is 0 Å². The summed E-state index contributed by atoms with van der Waals surface area (Å²) in [6.45, 7) is 0. The molecular formula is C11H13Cl2NO. The fraction of sp³-hybridized carbons (Fsp3) is 0.455. The maximum Gasteiger partial charge on any atom is 0.0944 e. The third-order valence-corrected chi connectivity index (χ3v) is 3.44. The second-order valence-corrected chi connectivity index (χ2v) is 4.80. The Hall–Kier alpha value is -0.280. The van der Waals surface area contributed by atoms with Gasteiger partial charge in [-0.05, 0) is 42.5 Å². The van der Waals surface area contributed by atoms with Gasteiger partial charge in [-0.2, -0.15) is 0 Å². The molecule has 1 aliphatic rings. The van der Waals surface area contributed by atoms with Crippen molar-refractivity contribution in [3.63, 3.8) is 0 Å². The van der Waals surface area contributed by atoms with Crippen molar-refractivity contribution in [1.82, 2.24) is 0 Å². The lowest BCUT2D eigenvalue weighted by Crippen LogP contribution is -2.27. The fourth-order valence-electron chi connectivity index (χ4n) is 2.05. The Morgan fingerprint density at radius 3 is 2.80 bits per heavy atom. The minimum absolute atomic E-state index is 0.221. The van der Waals surface area contributed by atoms with Crippen molar-refractivity contribution in [3.05, 3.63) is 33.3 Å². The Labute approximate surface area is 99.0 Å². The van der Waals surface area contributed by atoms with E-state index in [0.29, 0.717) is 10.0 Å². The first-order valence-electron chi connectivity index (χ1n) is 5.01. The van der Waals surface area contributed by atoms with Crippen LogP contribution in [0, 0.1) is 0 Å². The van der Waals surface area contributed by atoms with E-state index in [4.69, 9.17) is 28.9 Å². The maximum absolute atomic E-state index is 10.0. The highest BCUT2D eigenvalue weighted by Gasteiger charge is 2.24. The summed E-state index contributed by atoms with van der Waals surface area (Å²) in [5, 5.41) is 11.2. The van der Waals surface area contributed by atoms with Crippen molar-refractivity contribution >= 4 is 23.2 Å². The van der Waals surface area contributed by atoms with E-state index in [-0.39, 0.29) is 6.04 Å². The zero-order valence-electron chi connectivity index (χ0n) is 8.21. The largest absolute Gasteiger partial charge is 0.387 e. The van der Waals surface area contributed by atoms with E-state index in [1.165, 1.54) is 0 Å². The molecule has 0 fully saturated rings. The number of nitrogens with two attached hydrogens (primary N) is 1. The van der Waals surface area contributed by atoms with Gasteiger partial charge in [-0.15, -0.1) is 0 Å². The van der Waals surface area contributed by atoms with E-state index in [2.05, 4.69) is 0 Å². The topological polar surface area (TPSA) is 46.2 Å². The van der Waals surface area contributed by atoms with Gasteiger partial charge in [-0.3, -0.25) is 0 Å². The number of benzene rings is 1. The van der Waals surface area contributed by atoms with E-state index < -0.39 is 6.10 Å². The molecule has 1 aromatic carbocycles. The molecule has 0 heterocycles. The van der Waals surface area contributed by atoms with Crippen molar-refractivity contribution in [1.29, 1.82) is 0 Å². The van der Waals surface area contributed by atoms with Crippen molar-refractivity contribution in [2.75, 3.05) is 0 Å². The minimum atomic E-state index is -0.654. The van der Waals surface area contributed by atoms with Crippen molar-refractivity contribution < 1.29 is 5.11 Å². The molecule has 0 saturated carbocycles. The maximum atomic E-state index is 10.0. The fourth-order valence-corrected chi connectivity index (χ4v) is 2.66. The van der Waals surface area contributed by atoms with Crippen LogP contribution in [0.4, 0.5) is 0 Å². The number of hydrogen-bond acceptors (Lipinski definition) is 2. The third-order valence-electron chi connectivity index (χ3n) is 2.88. The molecule has 0 aliphatic heterocycles. The summed E-state index contributed by atoms with van der Waals surface area (Å²) in [6.07, 6.45) is 1.96. The quantitative estimate of drug-likeness (QED) is 0.691. The lowest BCUT2D eigenvalue weighted by molar-refractivity contribution is 0.144. The monoisotopic (exact) mass is 245 g/mol. The average Bonchev–Trinajstić information content (AvgIpc) is 2.30. The van der Waals surface area contributed by atoms with E-state index in [1.807, 2.05) is 0 Å². The van der Waals surface area contributed by atoms with Crippen LogP contribution in [0.15, 0.2) is 12.1 Å². The first-order chi connectivity index (χ1) is 7.09. The molecule has 0 aromatic heterocycles. The molecule has 82 valence electrons. The minimum Gasteiger partial charge on any atom is -0.387 e. The van der Waals surface area contributed by atoms with Crippen LogP contribution in [0.1, 0.15) is 30.1 Å². The Balaban J connectivity index is 2.53. The Morgan fingerprint density at radius 1 is 1.33 bits per heavy atom. The average molecular weight is 246 g/mol. The molecule has 1 aromatic rings. The van der Waals surface area contributed by atoms with Gasteiger partial charge in [0.05, 0.1) is 6.10 Å². The molecule has 2 rings (SSSR count). The van der Waals surface area contributed by atoms with Crippen LogP contribution in [-0.2, 0) is 6.42 Å². The Kier molecular flexibility index (Phi) is 3.21. The van der Waals surface area contributed by atoms with E-state index in [9.17, 15) is 5.11 Å². The molecule has 1 aliphatic carbocycles. The second-order valence-electron chi connectivity index (χ2n) is 3.96. The van der Waals surface area contributed by atoms with Crippen LogP contribution in [0.5, 0.6) is 0 Å². The molecule has 2 nitrogen and oxygen atoms in total. The van der Waals surface area contributed by atoms with Gasteiger partial charge in [0, 0.05) is 16.1 Å². The zero-order valence-corrected chi connectivity index (χ0v) is 9.72. The SMILES string of the molecule is N[C@H]1CCCc2c(Cl)cc(Cl)cc2[C@@H]1O. The summed E-state index contributed by atoms with van der Waals surface area (Å²) in [4.78, 5) is 0. The molecular weight excluding hydrogens is 233 g/mol. The summed E-state index contributed by atoms with van der Waals surface area (Å²) in [5.74, 6) is 0. The number of aliphatic hydroxyl groups is 1. The van der Waals surface area contributed by atoms with Crippen LogP contribution in [0.2, 0.25) is 10.0 Å². The number of aliphatic hydroxyl groups excluding tert-OH is 1. The molecule has 0 amide bonds.